The Morgan fingerprint density at radius 3 is 2.32 bits per heavy atom. The molecule has 152 valence electrons. The molecule has 6 nitrogen and oxygen atoms in total. The normalized spacial score (nSPS) is 12.5. The standard InChI is InChI=1S/C19H21F2NO5S/c1-13(18(23)22(2)15-7-5-4-6-8-15)28(24,25)12-14-9-10-16(27-19(20)21)17(11-14)26-3/h4-11,13,19H,12H2,1-3H3. The zero-order chi connectivity index (χ0) is 20.9. The summed E-state index contributed by atoms with van der Waals surface area (Å²) in [5.74, 6) is -1.25. The first-order valence-corrected chi connectivity index (χ1v) is 10.0. The minimum atomic E-state index is -3.86. The SMILES string of the molecule is COc1cc(CS(=O)(=O)C(C)C(=O)N(C)c2ccccc2)ccc1OC(F)F. The molecule has 0 aromatic heterocycles. The van der Waals surface area contributed by atoms with Crippen LogP contribution in [-0.4, -0.2) is 40.3 Å². The first-order chi connectivity index (χ1) is 13.2. The summed E-state index contributed by atoms with van der Waals surface area (Å²) in [5, 5.41) is -1.29. The van der Waals surface area contributed by atoms with E-state index in [4.69, 9.17) is 4.74 Å². The maximum absolute atomic E-state index is 12.7. The molecule has 0 spiro atoms. The number of hydrogen-bond acceptors (Lipinski definition) is 5. The van der Waals surface area contributed by atoms with Gasteiger partial charge in [0.05, 0.1) is 12.9 Å². The van der Waals surface area contributed by atoms with Crippen molar-refractivity contribution in [3.63, 3.8) is 0 Å². The number of methoxy groups -OCH3 is 1. The van der Waals surface area contributed by atoms with Crippen molar-refractivity contribution >= 4 is 21.4 Å². The van der Waals surface area contributed by atoms with Gasteiger partial charge in [-0.05, 0) is 36.8 Å². The molecule has 28 heavy (non-hydrogen) atoms. The summed E-state index contributed by atoms with van der Waals surface area (Å²) >= 11 is 0. The van der Waals surface area contributed by atoms with Crippen LogP contribution < -0.4 is 14.4 Å². The number of benzene rings is 2. The van der Waals surface area contributed by atoms with Gasteiger partial charge in [-0.3, -0.25) is 4.79 Å². The fourth-order valence-corrected chi connectivity index (χ4v) is 3.92. The number of carbonyl (C=O) groups excluding carboxylic acids is 1. The number of para-hydroxylation sites is 1. The van der Waals surface area contributed by atoms with Crippen molar-refractivity contribution in [3.8, 4) is 11.5 Å². The maximum atomic E-state index is 12.7. The van der Waals surface area contributed by atoms with Crippen LogP contribution in [0, 0.1) is 0 Å². The van der Waals surface area contributed by atoms with Crippen LogP contribution >= 0.6 is 0 Å². The quantitative estimate of drug-likeness (QED) is 0.664. The van der Waals surface area contributed by atoms with E-state index in [-0.39, 0.29) is 11.5 Å². The summed E-state index contributed by atoms with van der Waals surface area (Å²) in [4.78, 5) is 13.9. The van der Waals surface area contributed by atoms with Gasteiger partial charge in [-0.2, -0.15) is 8.78 Å². The minimum absolute atomic E-state index is 0.0200. The number of halogens is 2. The van der Waals surface area contributed by atoms with E-state index in [0.29, 0.717) is 11.3 Å². The molecule has 2 aromatic carbocycles. The van der Waals surface area contributed by atoms with E-state index >= 15 is 0 Å². The van der Waals surface area contributed by atoms with E-state index in [9.17, 15) is 22.0 Å². The Bertz CT molecular complexity index is 919. The first-order valence-electron chi connectivity index (χ1n) is 8.31. The molecule has 0 aliphatic carbocycles. The van der Waals surface area contributed by atoms with E-state index < -0.39 is 33.4 Å². The summed E-state index contributed by atoms with van der Waals surface area (Å²) in [7, 11) is -1.10. The molecule has 0 aliphatic rings. The molecule has 0 fully saturated rings. The predicted octanol–water partition coefficient (Wildman–Crippen LogP) is 3.26. The lowest BCUT2D eigenvalue weighted by atomic mass is 10.2. The second kappa shape index (κ2) is 9.01. The van der Waals surface area contributed by atoms with Crippen LogP contribution in [0.15, 0.2) is 48.5 Å². The van der Waals surface area contributed by atoms with Crippen LogP contribution in [0.4, 0.5) is 14.5 Å². The van der Waals surface area contributed by atoms with E-state index in [1.54, 1.807) is 30.3 Å². The summed E-state index contributed by atoms with van der Waals surface area (Å²) in [5.41, 5.74) is 0.866. The third kappa shape index (κ3) is 5.19. The third-order valence-corrected chi connectivity index (χ3v) is 6.19. The molecular formula is C19H21F2NO5S. The number of sulfone groups is 1. The zero-order valence-electron chi connectivity index (χ0n) is 15.6. The number of nitrogens with zero attached hydrogens (tertiary/aromatic N) is 1. The van der Waals surface area contributed by atoms with Crippen molar-refractivity contribution < 1.29 is 31.5 Å². The van der Waals surface area contributed by atoms with E-state index in [1.807, 2.05) is 0 Å². The van der Waals surface area contributed by atoms with Crippen LogP contribution in [0.1, 0.15) is 12.5 Å². The number of ether oxygens (including phenoxy) is 2. The number of rotatable bonds is 8. The van der Waals surface area contributed by atoms with Gasteiger partial charge < -0.3 is 14.4 Å². The molecule has 0 saturated carbocycles. The van der Waals surface area contributed by atoms with E-state index in [2.05, 4.69) is 4.74 Å². The van der Waals surface area contributed by atoms with Crippen LogP contribution in [0.5, 0.6) is 11.5 Å². The second-order valence-electron chi connectivity index (χ2n) is 6.05. The summed E-state index contributed by atoms with van der Waals surface area (Å²) in [6, 6.07) is 12.5. The Morgan fingerprint density at radius 2 is 1.75 bits per heavy atom. The highest BCUT2D eigenvalue weighted by Crippen LogP contribution is 2.30. The lowest BCUT2D eigenvalue weighted by molar-refractivity contribution is -0.117. The lowest BCUT2D eigenvalue weighted by Crippen LogP contribution is -2.39. The first kappa shape index (κ1) is 21.6. The molecule has 1 amide bonds. The topological polar surface area (TPSA) is 72.9 Å². The molecule has 0 radical (unpaired) electrons. The van der Waals surface area contributed by atoms with Gasteiger partial charge in [0.1, 0.15) is 5.25 Å². The van der Waals surface area contributed by atoms with Gasteiger partial charge in [-0.1, -0.05) is 24.3 Å². The number of carbonyl (C=O) groups is 1. The van der Waals surface area contributed by atoms with Crippen molar-refractivity contribution in [1.82, 2.24) is 0 Å². The lowest BCUT2D eigenvalue weighted by Gasteiger charge is -2.21. The van der Waals surface area contributed by atoms with Gasteiger partial charge >= 0.3 is 6.61 Å². The average Bonchev–Trinajstić information content (AvgIpc) is 2.67. The summed E-state index contributed by atoms with van der Waals surface area (Å²) < 4.78 is 59.5. The molecule has 0 saturated heterocycles. The van der Waals surface area contributed by atoms with Crippen LogP contribution in [0.25, 0.3) is 0 Å². The fraction of sp³-hybridized carbons (Fsp3) is 0.316. The highest BCUT2D eigenvalue weighted by Gasteiger charge is 2.31. The molecule has 1 unspecified atom stereocenters. The molecule has 2 rings (SSSR count). The second-order valence-corrected chi connectivity index (χ2v) is 8.37. The smallest absolute Gasteiger partial charge is 0.387 e. The van der Waals surface area contributed by atoms with Crippen molar-refractivity contribution in [2.75, 3.05) is 19.1 Å². The van der Waals surface area contributed by atoms with Gasteiger partial charge in [0.2, 0.25) is 5.91 Å². The summed E-state index contributed by atoms with van der Waals surface area (Å²) in [6.07, 6.45) is 0. The molecule has 1 atom stereocenters. The maximum Gasteiger partial charge on any atom is 0.387 e. The third-order valence-electron chi connectivity index (χ3n) is 4.17. The number of anilines is 1. The number of hydrogen-bond donors (Lipinski definition) is 0. The van der Waals surface area contributed by atoms with Crippen LogP contribution in [0.2, 0.25) is 0 Å². The van der Waals surface area contributed by atoms with Crippen molar-refractivity contribution in [2.45, 2.75) is 24.5 Å². The van der Waals surface area contributed by atoms with Gasteiger partial charge in [0.15, 0.2) is 21.3 Å². The van der Waals surface area contributed by atoms with Gasteiger partial charge in [-0.25, -0.2) is 8.42 Å². The molecule has 0 bridgehead atoms. The van der Waals surface area contributed by atoms with E-state index in [1.165, 1.54) is 44.2 Å². The summed E-state index contributed by atoms with van der Waals surface area (Å²) in [6.45, 7) is -1.71. The Balaban J connectivity index is 2.19. The highest BCUT2D eigenvalue weighted by atomic mass is 32.2. The molecule has 0 heterocycles. The van der Waals surface area contributed by atoms with Crippen molar-refractivity contribution in [3.05, 3.63) is 54.1 Å². The monoisotopic (exact) mass is 413 g/mol. The fourth-order valence-electron chi connectivity index (χ4n) is 2.56. The van der Waals surface area contributed by atoms with Crippen molar-refractivity contribution in [1.29, 1.82) is 0 Å². The van der Waals surface area contributed by atoms with Crippen LogP contribution in [0.3, 0.4) is 0 Å². The van der Waals surface area contributed by atoms with Gasteiger partial charge in [0, 0.05) is 12.7 Å². The molecule has 9 heteroatoms. The Morgan fingerprint density at radius 1 is 1.11 bits per heavy atom. The van der Waals surface area contributed by atoms with Gasteiger partial charge in [-0.15, -0.1) is 0 Å². The minimum Gasteiger partial charge on any atom is -0.493 e. The molecular weight excluding hydrogens is 392 g/mol. The molecule has 0 N–H and O–H groups in total. The Labute approximate surface area is 162 Å². The Kier molecular flexibility index (Phi) is 6.95. The van der Waals surface area contributed by atoms with Gasteiger partial charge in [0.25, 0.3) is 0 Å². The zero-order valence-corrected chi connectivity index (χ0v) is 16.4. The average molecular weight is 413 g/mol. The highest BCUT2D eigenvalue weighted by molar-refractivity contribution is 7.92. The van der Waals surface area contributed by atoms with Crippen LogP contribution in [-0.2, 0) is 20.4 Å². The number of alkyl halides is 2. The Hall–Kier alpha value is -2.68. The molecule has 2 aromatic rings. The largest absolute Gasteiger partial charge is 0.493 e. The molecule has 0 aliphatic heterocycles. The number of amides is 1. The predicted molar refractivity (Wildman–Crippen MR) is 102 cm³/mol. The van der Waals surface area contributed by atoms with E-state index in [0.717, 1.165) is 0 Å². The van der Waals surface area contributed by atoms with Crippen molar-refractivity contribution in [2.24, 2.45) is 0 Å².